The molecule has 0 aromatic heterocycles. The Hall–Kier alpha value is -3.93. The van der Waals surface area contributed by atoms with Crippen LogP contribution in [0, 0.1) is 0 Å². The smallest absolute Gasteiger partial charge is 0.328 e. The summed E-state index contributed by atoms with van der Waals surface area (Å²) in [5, 5.41) is 14.3. The minimum absolute atomic E-state index is 0.0939. The molecule has 12 heteroatoms. The van der Waals surface area contributed by atoms with Crippen molar-refractivity contribution in [2.24, 2.45) is 0 Å². The van der Waals surface area contributed by atoms with Crippen LogP contribution < -0.4 is 24.8 Å². The first-order chi connectivity index (χ1) is 18.2. The van der Waals surface area contributed by atoms with Gasteiger partial charge >= 0.3 is 11.9 Å². The Morgan fingerprint density at radius 3 is 2.03 bits per heavy atom. The molecule has 38 heavy (non-hydrogen) atoms. The van der Waals surface area contributed by atoms with Crippen LogP contribution in [0.3, 0.4) is 0 Å². The highest BCUT2D eigenvalue weighted by Crippen LogP contribution is 2.38. The number of benzene rings is 2. The Balaban J connectivity index is 2.19. The van der Waals surface area contributed by atoms with Crippen molar-refractivity contribution in [1.29, 1.82) is 0 Å². The summed E-state index contributed by atoms with van der Waals surface area (Å²) in [6.45, 7) is 0. The number of carboxylic acids is 1. The molecule has 0 fully saturated rings. The topological polar surface area (TPSA) is 149 Å². The van der Waals surface area contributed by atoms with Crippen LogP contribution in [-0.2, 0) is 19.1 Å². The van der Waals surface area contributed by atoms with Gasteiger partial charge in [-0.1, -0.05) is 18.2 Å². The van der Waals surface area contributed by atoms with Gasteiger partial charge in [0.15, 0.2) is 11.5 Å². The molecular formula is C26H32N2O9S. The fourth-order valence-corrected chi connectivity index (χ4v) is 4.40. The summed E-state index contributed by atoms with van der Waals surface area (Å²) < 4.78 is 20.6. The van der Waals surface area contributed by atoms with Crippen molar-refractivity contribution in [2.45, 2.75) is 36.2 Å². The standard InChI is InChI=1S/C26H32N2O9S/c1-34-20-14-16(15-21(35-2)23(20)36-3)24(31)27-18(10-11-22(29)30)25(32)28-19(26(33)37-4)12-13-38-17-8-6-5-7-9-17/h5-9,14-15,18-19H,10-13H2,1-4H3,(H,27,31)(H,28,32)(H,29,30)/t18-,19+/m1/s1. The first kappa shape index (κ1) is 30.3. The highest BCUT2D eigenvalue weighted by molar-refractivity contribution is 7.99. The lowest BCUT2D eigenvalue weighted by Gasteiger charge is -2.22. The van der Waals surface area contributed by atoms with E-state index in [1.165, 1.54) is 52.3 Å². The van der Waals surface area contributed by atoms with Gasteiger partial charge in [0.2, 0.25) is 11.7 Å². The van der Waals surface area contributed by atoms with Crippen LogP contribution in [0.2, 0.25) is 0 Å². The van der Waals surface area contributed by atoms with Crippen molar-refractivity contribution in [3.63, 3.8) is 0 Å². The van der Waals surface area contributed by atoms with Gasteiger partial charge < -0.3 is 34.7 Å². The Bertz CT molecular complexity index is 1090. The van der Waals surface area contributed by atoms with Gasteiger partial charge in [-0.25, -0.2) is 4.79 Å². The molecule has 0 saturated carbocycles. The maximum atomic E-state index is 13.1. The molecule has 0 radical (unpaired) electrons. The summed E-state index contributed by atoms with van der Waals surface area (Å²) in [5.74, 6) is -1.96. The van der Waals surface area contributed by atoms with E-state index in [0.29, 0.717) is 5.75 Å². The number of nitrogens with one attached hydrogen (secondary N) is 2. The lowest BCUT2D eigenvalue weighted by atomic mass is 10.1. The summed E-state index contributed by atoms with van der Waals surface area (Å²) >= 11 is 1.50. The minimum atomic E-state index is -1.24. The van der Waals surface area contributed by atoms with E-state index in [0.717, 1.165) is 4.90 Å². The molecule has 2 aromatic carbocycles. The minimum Gasteiger partial charge on any atom is -0.493 e. The van der Waals surface area contributed by atoms with Crippen molar-refractivity contribution in [3.8, 4) is 17.2 Å². The molecule has 3 N–H and O–H groups in total. The molecule has 0 saturated heterocycles. The SMILES string of the molecule is COC(=O)[C@H](CCSc1ccccc1)NC(=O)[C@@H](CCC(=O)O)NC(=O)c1cc(OC)c(OC)c(OC)c1. The number of hydrogen-bond donors (Lipinski definition) is 3. The zero-order chi connectivity index (χ0) is 28.1. The molecule has 0 aliphatic rings. The van der Waals surface area contributed by atoms with E-state index in [2.05, 4.69) is 10.6 Å². The molecule has 2 rings (SSSR count). The number of thioether (sulfide) groups is 1. The van der Waals surface area contributed by atoms with E-state index in [9.17, 15) is 19.2 Å². The number of ether oxygens (including phenoxy) is 4. The quantitative estimate of drug-likeness (QED) is 0.224. The zero-order valence-electron chi connectivity index (χ0n) is 21.6. The van der Waals surface area contributed by atoms with E-state index in [1.54, 1.807) is 0 Å². The van der Waals surface area contributed by atoms with E-state index in [4.69, 9.17) is 24.1 Å². The van der Waals surface area contributed by atoms with E-state index < -0.39 is 35.8 Å². The highest BCUT2D eigenvalue weighted by atomic mass is 32.2. The average Bonchev–Trinajstić information content (AvgIpc) is 2.93. The maximum Gasteiger partial charge on any atom is 0.328 e. The second kappa shape index (κ2) is 15.4. The van der Waals surface area contributed by atoms with Crippen molar-refractivity contribution in [1.82, 2.24) is 10.6 Å². The molecule has 0 heterocycles. The molecule has 0 bridgehead atoms. The van der Waals surface area contributed by atoms with Crippen LogP contribution in [0.5, 0.6) is 17.2 Å². The van der Waals surface area contributed by atoms with Crippen LogP contribution in [0.25, 0.3) is 0 Å². The number of carboxylic acid groups (broad SMARTS) is 1. The first-order valence-electron chi connectivity index (χ1n) is 11.6. The molecule has 206 valence electrons. The predicted molar refractivity (Wildman–Crippen MR) is 140 cm³/mol. The predicted octanol–water partition coefficient (Wildman–Crippen LogP) is 2.52. The molecule has 0 aliphatic heterocycles. The van der Waals surface area contributed by atoms with Gasteiger partial charge in [0.05, 0.1) is 28.4 Å². The van der Waals surface area contributed by atoms with Crippen LogP contribution >= 0.6 is 11.8 Å². The van der Waals surface area contributed by atoms with Gasteiger partial charge in [-0.05, 0) is 37.1 Å². The Kier molecular flexibility index (Phi) is 12.2. The second-order valence-electron chi connectivity index (χ2n) is 7.91. The lowest BCUT2D eigenvalue weighted by molar-refractivity contribution is -0.145. The number of esters is 1. The van der Waals surface area contributed by atoms with Crippen LogP contribution in [-0.4, -0.2) is 75.1 Å². The van der Waals surface area contributed by atoms with E-state index in [1.807, 2.05) is 30.3 Å². The first-order valence-corrected chi connectivity index (χ1v) is 12.6. The van der Waals surface area contributed by atoms with Gasteiger partial charge in [-0.2, -0.15) is 0 Å². The fraction of sp³-hybridized carbons (Fsp3) is 0.385. The monoisotopic (exact) mass is 548 g/mol. The molecule has 0 aliphatic carbocycles. The molecule has 0 unspecified atom stereocenters. The van der Waals surface area contributed by atoms with Crippen molar-refractivity contribution >= 4 is 35.5 Å². The molecular weight excluding hydrogens is 516 g/mol. The van der Waals surface area contributed by atoms with E-state index in [-0.39, 0.29) is 42.1 Å². The van der Waals surface area contributed by atoms with Crippen molar-refractivity contribution in [2.75, 3.05) is 34.2 Å². The van der Waals surface area contributed by atoms with Gasteiger partial charge in [-0.15, -0.1) is 11.8 Å². The summed E-state index contributed by atoms with van der Waals surface area (Å²) in [4.78, 5) is 50.8. The number of rotatable bonds is 15. The number of carbonyl (C=O) groups is 4. The average molecular weight is 549 g/mol. The van der Waals surface area contributed by atoms with Gasteiger partial charge in [0.25, 0.3) is 5.91 Å². The van der Waals surface area contributed by atoms with Gasteiger partial charge in [0.1, 0.15) is 12.1 Å². The number of amides is 2. The van der Waals surface area contributed by atoms with Crippen LogP contribution in [0.1, 0.15) is 29.6 Å². The van der Waals surface area contributed by atoms with Gasteiger partial charge in [0, 0.05) is 22.6 Å². The molecule has 2 aromatic rings. The van der Waals surface area contributed by atoms with Crippen molar-refractivity contribution < 1.29 is 43.2 Å². The summed E-state index contributed by atoms with van der Waals surface area (Å²) in [6.07, 6.45) is -0.338. The third-order valence-corrected chi connectivity index (χ3v) is 6.46. The largest absolute Gasteiger partial charge is 0.493 e. The van der Waals surface area contributed by atoms with Crippen molar-refractivity contribution in [3.05, 3.63) is 48.0 Å². The Morgan fingerprint density at radius 2 is 1.50 bits per heavy atom. The van der Waals surface area contributed by atoms with Gasteiger partial charge in [-0.3, -0.25) is 14.4 Å². The molecule has 2 amide bonds. The number of hydrogen-bond acceptors (Lipinski definition) is 9. The maximum absolute atomic E-state index is 13.1. The number of aliphatic carboxylic acids is 1. The Labute approximate surface area is 225 Å². The normalized spacial score (nSPS) is 12.0. The third-order valence-electron chi connectivity index (χ3n) is 5.42. The second-order valence-corrected chi connectivity index (χ2v) is 9.08. The zero-order valence-corrected chi connectivity index (χ0v) is 22.5. The molecule has 0 spiro atoms. The number of carbonyl (C=O) groups excluding carboxylic acids is 3. The third kappa shape index (κ3) is 8.87. The molecule has 11 nitrogen and oxygen atoms in total. The Morgan fingerprint density at radius 1 is 0.868 bits per heavy atom. The van der Waals surface area contributed by atoms with E-state index >= 15 is 0 Å². The summed E-state index contributed by atoms with van der Waals surface area (Å²) in [5.41, 5.74) is 0.0939. The molecule has 2 atom stereocenters. The van der Waals surface area contributed by atoms with Crippen LogP contribution in [0.4, 0.5) is 0 Å². The lowest BCUT2D eigenvalue weighted by Crippen LogP contribution is -2.52. The fourth-order valence-electron chi connectivity index (χ4n) is 3.47. The summed E-state index contributed by atoms with van der Waals surface area (Å²) in [7, 11) is 5.42. The van der Waals surface area contributed by atoms with Crippen LogP contribution in [0.15, 0.2) is 47.4 Å². The number of methoxy groups -OCH3 is 4. The highest BCUT2D eigenvalue weighted by Gasteiger charge is 2.28. The summed E-state index contributed by atoms with van der Waals surface area (Å²) in [6, 6.07) is 10.1.